The Hall–Kier alpha value is -1.96. The molecule has 1 aliphatic rings. The van der Waals surface area contributed by atoms with Gasteiger partial charge in [-0.3, -0.25) is 19.4 Å². The number of aliphatic hydroxyl groups excluding tert-OH is 1. The predicted molar refractivity (Wildman–Crippen MR) is 165 cm³/mol. The molecule has 0 saturated carbocycles. The number of hydrogen-bond donors (Lipinski definition) is 2. The van der Waals surface area contributed by atoms with Crippen LogP contribution in [-0.2, 0) is 28.7 Å². The monoisotopic (exact) mass is 604 g/mol. The van der Waals surface area contributed by atoms with Crippen molar-refractivity contribution in [2.24, 2.45) is 0 Å². The average molecular weight is 605 g/mol. The van der Waals surface area contributed by atoms with Gasteiger partial charge in [0.25, 0.3) is 0 Å². The number of rotatable bonds is 12. The van der Waals surface area contributed by atoms with Crippen LogP contribution in [0.3, 0.4) is 0 Å². The number of carbonyl (C=O) groups is 4. The number of aliphatic carboxylic acids is 1. The summed E-state index contributed by atoms with van der Waals surface area (Å²) < 4.78 is 10.4. The van der Waals surface area contributed by atoms with Gasteiger partial charge < -0.3 is 39.1 Å². The first-order valence-electron chi connectivity index (χ1n) is 14.9. The Morgan fingerprint density at radius 1 is 0.714 bits per heavy atom. The van der Waals surface area contributed by atoms with Crippen LogP contribution in [0.1, 0.15) is 67.2 Å². The molecule has 0 aromatic heterocycles. The van der Waals surface area contributed by atoms with E-state index < -0.39 is 11.6 Å². The van der Waals surface area contributed by atoms with E-state index >= 15 is 0 Å². The SMILES string of the molecule is CC(C)(C)OC(=O)CN1CCN(CC=O)CCN(CCCC=O)CCN(CCCC(=O)O)CC1.CO.COC(C)(C)C. The molecule has 0 atom stereocenters. The highest BCUT2D eigenvalue weighted by Gasteiger charge is 2.21. The number of methoxy groups -OCH3 is 1. The smallest absolute Gasteiger partial charge is 0.320 e. The van der Waals surface area contributed by atoms with Crippen molar-refractivity contribution in [3.8, 4) is 0 Å². The van der Waals surface area contributed by atoms with Crippen LogP contribution in [0.2, 0.25) is 0 Å². The van der Waals surface area contributed by atoms with Gasteiger partial charge in [-0.15, -0.1) is 0 Å². The summed E-state index contributed by atoms with van der Waals surface area (Å²) in [6.45, 7) is 19.3. The first-order chi connectivity index (χ1) is 19.7. The first-order valence-corrected chi connectivity index (χ1v) is 14.9. The predicted octanol–water partition coefficient (Wildman–Crippen LogP) is 1.63. The summed E-state index contributed by atoms with van der Waals surface area (Å²) >= 11 is 0. The zero-order valence-electron chi connectivity index (χ0n) is 27.6. The number of carboxylic acids is 1. The van der Waals surface area contributed by atoms with Crippen molar-refractivity contribution in [1.82, 2.24) is 19.6 Å². The molecule has 0 aromatic carbocycles. The molecule has 42 heavy (non-hydrogen) atoms. The molecule has 12 nitrogen and oxygen atoms in total. The summed E-state index contributed by atoms with van der Waals surface area (Å²) in [5.74, 6) is -1.08. The maximum Gasteiger partial charge on any atom is 0.320 e. The second kappa shape index (κ2) is 24.5. The second-order valence-corrected chi connectivity index (χ2v) is 12.1. The maximum atomic E-state index is 12.5. The fourth-order valence-corrected chi connectivity index (χ4v) is 3.88. The van der Waals surface area contributed by atoms with Crippen LogP contribution in [0.25, 0.3) is 0 Å². The minimum atomic E-state index is -0.799. The van der Waals surface area contributed by atoms with Gasteiger partial charge in [0, 0.05) is 79.4 Å². The van der Waals surface area contributed by atoms with Crippen LogP contribution in [-0.4, -0.2) is 158 Å². The Bertz CT molecular complexity index is 725. The van der Waals surface area contributed by atoms with Crippen LogP contribution in [0.4, 0.5) is 0 Å². The van der Waals surface area contributed by atoms with Gasteiger partial charge in [-0.25, -0.2) is 0 Å². The molecule has 0 aliphatic carbocycles. The summed E-state index contributed by atoms with van der Waals surface area (Å²) in [5.41, 5.74) is -0.511. The lowest BCUT2D eigenvalue weighted by Crippen LogP contribution is -2.48. The number of aliphatic hydroxyl groups is 1. The van der Waals surface area contributed by atoms with E-state index in [4.69, 9.17) is 19.7 Å². The topological polar surface area (TPSA) is 140 Å². The first kappa shape index (κ1) is 42.2. The zero-order chi connectivity index (χ0) is 32.6. The molecule has 0 radical (unpaired) electrons. The highest BCUT2D eigenvalue weighted by Crippen LogP contribution is 2.09. The normalized spacial score (nSPS) is 16.9. The van der Waals surface area contributed by atoms with Gasteiger partial charge in [0.1, 0.15) is 18.2 Å². The molecule has 0 bridgehead atoms. The Kier molecular flexibility index (Phi) is 24.6. The van der Waals surface area contributed by atoms with E-state index in [1.54, 1.807) is 7.11 Å². The van der Waals surface area contributed by atoms with Gasteiger partial charge in [0.2, 0.25) is 0 Å². The number of carbonyl (C=O) groups excluding carboxylic acids is 3. The third kappa shape index (κ3) is 26.9. The van der Waals surface area contributed by atoms with E-state index in [0.717, 1.165) is 58.8 Å². The Morgan fingerprint density at radius 2 is 1.14 bits per heavy atom. The van der Waals surface area contributed by atoms with Gasteiger partial charge >= 0.3 is 11.9 Å². The molecule has 1 rings (SSSR count). The fourth-order valence-electron chi connectivity index (χ4n) is 3.88. The van der Waals surface area contributed by atoms with Gasteiger partial charge in [-0.1, -0.05) is 0 Å². The summed E-state index contributed by atoms with van der Waals surface area (Å²) in [6.07, 6.45) is 3.86. The molecular formula is C30H60N4O8. The standard InChI is InChI=1S/C24H44N4O6.C5H12O.CH4O/c1-24(2,3)34-23(33)21-28-16-14-26(9-6-7-22(31)32)11-10-25(8-4-5-19-29)12-13-27(15-17-28)18-20-30;1-5(2,3)6-4;1-2/h19-20H,4-18,21H2,1-3H3,(H,31,32);1-4H3;2H,1H3. The molecule has 248 valence electrons. The third-order valence-corrected chi connectivity index (χ3v) is 6.31. The Balaban J connectivity index is 0. The summed E-state index contributed by atoms with van der Waals surface area (Å²) in [6, 6.07) is 0. The van der Waals surface area contributed by atoms with Crippen LogP contribution in [0.15, 0.2) is 0 Å². The third-order valence-electron chi connectivity index (χ3n) is 6.31. The van der Waals surface area contributed by atoms with Crippen molar-refractivity contribution < 1.29 is 38.9 Å². The number of ether oxygens (including phenoxy) is 2. The average Bonchev–Trinajstić information content (AvgIpc) is 2.89. The number of esters is 1. The zero-order valence-corrected chi connectivity index (χ0v) is 27.6. The lowest BCUT2D eigenvalue weighted by molar-refractivity contribution is -0.156. The molecule has 0 spiro atoms. The Morgan fingerprint density at radius 3 is 1.52 bits per heavy atom. The molecule has 2 N–H and O–H groups in total. The highest BCUT2D eigenvalue weighted by atomic mass is 16.6. The quantitative estimate of drug-likeness (QED) is 0.190. The molecular weight excluding hydrogens is 544 g/mol. The molecule has 12 heteroatoms. The number of hydrogen-bond acceptors (Lipinski definition) is 11. The maximum absolute atomic E-state index is 12.5. The van der Waals surface area contributed by atoms with E-state index in [9.17, 15) is 19.2 Å². The van der Waals surface area contributed by atoms with Crippen molar-refractivity contribution in [2.75, 3.05) is 92.8 Å². The van der Waals surface area contributed by atoms with Crippen LogP contribution < -0.4 is 0 Å². The van der Waals surface area contributed by atoms with Gasteiger partial charge in [0.05, 0.1) is 18.7 Å². The minimum Gasteiger partial charge on any atom is -0.481 e. The van der Waals surface area contributed by atoms with E-state index in [2.05, 4.69) is 19.6 Å². The van der Waals surface area contributed by atoms with Crippen molar-refractivity contribution >= 4 is 24.5 Å². The van der Waals surface area contributed by atoms with E-state index in [1.807, 2.05) is 41.5 Å². The second-order valence-electron chi connectivity index (χ2n) is 12.1. The Labute approximate surface area is 254 Å². The lowest BCUT2D eigenvalue weighted by Gasteiger charge is -2.34. The molecule has 1 saturated heterocycles. The number of carboxylic acid groups (broad SMARTS) is 1. The van der Waals surface area contributed by atoms with Crippen molar-refractivity contribution in [3.63, 3.8) is 0 Å². The van der Waals surface area contributed by atoms with Crippen molar-refractivity contribution in [2.45, 2.75) is 78.4 Å². The minimum absolute atomic E-state index is 0.0417. The summed E-state index contributed by atoms with van der Waals surface area (Å²) in [5, 5.41) is 16.0. The van der Waals surface area contributed by atoms with E-state index in [0.29, 0.717) is 52.1 Å². The number of aldehydes is 2. The van der Waals surface area contributed by atoms with E-state index in [1.165, 1.54) is 0 Å². The number of unbranched alkanes of at least 4 members (excludes halogenated alkanes) is 1. The summed E-state index contributed by atoms with van der Waals surface area (Å²) in [4.78, 5) is 54.1. The lowest BCUT2D eigenvalue weighted by atomic mass is 10.2. The fraction of sp³-hybridized carbons (Fsp3) is 0.867. The largest absolute Gasteiger partial charge is 0.481 e. The van der Waals surface area contributed by atoms with E-state index in [-0.39, 0.29) is 24.5 Å². The van der Waals surface area contributed by atoms with Gasteiger partial charge in [0.15, 0.2) is 0 Å². The molecule has 1 fully saturated rings. The van der Waals surface area contributed by atoms with Gasteiger partial charge in [-0.2, -0.15) is 0 Å². The van der Waals surface area contributed by atoms with Crippen LogP contribution >= 0.6 is 0 Å². The summed E-state index contributed by atoms with van der Waals surface area (Å²) in [7, 11) is 2.71. The van der Waals surface area contributed by atoms with Crippen molar-refractivity contribution in [3.05, 3.63) is 0 Å². The van der Waals surface area contributed by atoms with Gasteiger partial charge in [-0.05, 0) is 67.5 Å². The molecule has 0 aromatic rings. The van der Waals surface area contributed by atoms with Crippen LogP contribution in [0.5, 0.6) is 0 Å². The number of nitrogens with zero attached hydrogens (tertiary/aromatic N) is 4. The molecule has 0 amide bonds. The highest BCUT2D eigenvalue weighted by molar-refractivity contribution is 5.72. The van der Waals surface area contributed by atoms with Crippen molar-refractivity contribution in [1.29, 1.82) is 0 Å². The molecule has 1 aliphatic heterocycles. The van der Waals surface area contributed by atoms with Crippen LogP contribution in [0, 0.1) is 0 Å². The molecule has 0 unspecified atom stereocenters. The molecule has 1 heterocycles.